The minimum absolute atomic E-state index is 0.0148. The van der Waals surface area contributed by atoms with Crippen molar-refractivity contribution in [3.05, 3.63) is 35.9 Å². The van der Waals surface area contributed by atoms with E-state index >= 15 is 0 Å². The zero-order chi connectivity index (χ0) is 20.3. The Labute approximate surface area is 159 Å². The van der Waals surface area contributed by atoms with Crippen LogP contribution in [0.5, 0.6) is 0 Å². The van der Waals surface area contributed by atoms with E-state index < -0.39 is 18.6 Å². The van der Waals surface area contributed by atoms with Crippen molar-refractivity contribution in [1.29, 1.82) is 0 Å². The van der Waals surface area contributed by atoms with Gasteiger partial charge in [0, 0.05) is 37.1 Å². The summed E-state index contributed by atoms with van der Waals surface area (Å²) in [5.41, 5.74) is 0.606. The highest BCUT2D eigenvalue weighted by molar-refractivity contribution is 5.92. The van der Waals surface area contributed by atoms with E-state index in [1.54, 1.807) is 40.3 Å². The molecule has 3 heterocycles. The maximum atomic E-state index is 12.6. The largest absolute Gasteiger partial charge is 0.405 e. The summed E-state index contributed by atoms with van der Waals surface area (Å²) < 4.78 is 38.2. The fourth-order valence-corrected chi connectivity index (χ4v) is 3.23. The van der Waals surface area contributed by atoms with Crippen molar-refractivity contribution < 1.29 is 22.8 Å². The number of aromatic amines is 1. The Kier molecular flexibility index (Phi) is 5.71. The highest BCUT2D eigenvalue weighted by atomic mass is 19.4. The molecular formula is C17H21F3N6O2. The van der Waals surface area contributed by atoms with Crippen LogP contribution in [0.25, 0.3) is 0 Å². The Morgan fingerprint density at radius 2 is 2.07 bits per heavy atom. The number of halogens is 3. The van der Waals surface area contributed by atoms with Gasteiger partial charge in [-0.15, -0.1) is 0 Å². The van der Waals surface area contributed by atoms with E-state index in [0.717, 1.165) is 0 Å². The van der Waals surface area contributed by atoms with E-state index in [1.165, 1.54) is 6.07 Å². The molecule has 3 rings (SSSR count). The molecule has 0 aromatic carbocycles. The number of carbonyl (C=O) groups is 2. The van der Waals surface area contributed by atoms with Gasteiger partial charge in [-0.25, -0.2) is 0 Å². The van der Waals surface area contributed by atoms with Crippen molar-refractivity contribution in [2.45, 2.75) is 37.9 Å². The third-order valence-electron chi connectivity index (χ3n) is 4.81. The number of nitrogens with one attached hydrogen (secondary N) is 2. The van der Waals surface area contributed by atoms with Gasteiger partial charge in [0.05, 0.1) is 0 Å². The Balaban J connectivity index is 1.53. The van der Waals surface area contributed by atoms with E-state index in [1.807, 2.05) is 0 Å². The van der Waals surface area contributed by atoms with Gasteiger partial charge in [-0.3, -0.25) is 19.4 Å². The van der Waals surface area contributed by atoms with Crippen molar-refractivity contribution >= 4 is 11.8 Å². The summed E-state index contributed by atoms with van der Waals surface area (Å²) in [6.45, 7) is 1.48. The average molecular weight is 398 g/mol. The van der Waals surface area contributed by atoms with Gasteiger partial charge in [-0.2, -0.15) is 23.4 Å². The van der Waals surface area contributed by atoms with Crippen LogP contribution in [0.15, 0.2) is 24.5 Å². The number of carbonyl (C=O) groups excluding carboxylic acids is 2. The van der Waals surface area contributed by atoms with Crippen LogP contribution < -0.4 is 5.32 Å². The van der Waals surface area contributed by atoms with Gasteiger partial charge in [0.2, 0.25) is 5.91 Å². The highest BCUT2D eigenvalue weighted by Crippen LogP contribution is 2.28. The number of H-pyrrole nitrogens is 1. The summed E-state index contributed by atoms with van der Waals surface area (Å²) in [6, 6.07) is 2.85. The SMILES string of the molecule is C[C@H](C(=O)N1CCC(c2cc(C(=O)NCC(F)(F)F)n[nH]2)CC1)n1cccn1. The van der Waals surface area contributed by atoms with Crippen LogP contribution in [0.3, 0.4) is 0 Å². The van der Waals surface area contributed by atoms with Crippen molar-refractivity contribution in [2.24, 2.45) is 0 Å². The lowest BCUT2D eigenvalue weighted by atomic mass is 9.93. The molecule has 0 bridgehead atoms. The normalized spacial score (nSPS) is 16.8. The Hall–Kier alpha value is -2.85. The van der Waals surface area contributed by atoms with E-state index in [2.05, 4.69) is 15.3 Å². The van der Waals surface area contributed by atoms with Crippen LogP contribution in [0.2, 0.25) is 0 Å². The second kappa shape index (κ2) is 8.03. The quantitative estimate of drug-likeness (QED) is 0.804. The average Bonchev–Trinajstić information content (AvgIpc) is 3.36. The molecule has 28 heavy (non-hydrogen) atoms. The zero-order valence-electron chi connectivity index (χ0n) is 15.2. The molecule has 1 aliphatic heterocycles. The second-order valence-electron chi connectivity index (χ2n) is 6.77. The third kappa shape index (κ3) is 4.70. The first kappa shape index (κ1) is 19.9. The van der Waals surface area contributed by atoms with Crippen molar-refractivity contribution in [2.75, 3.05) is 19.6 Å². The number of alkyl halides is 3. The fourth-order valence-electron chi connectivity index (χ4n) is 3.23. The summed E-state index contributed by atoms with van der Waals surface area (Å²) in [5.74, 6) is -0.833. The number of aromatic nitrogens is 4. The highest BCUT2D eigenvalue weighted by Gasteiger charge is 2.30. The van der Waals surface area contributed by atoms with Gasteiger partial charge in [0.25, 0.3) is 5.91 Å². The molecule has 1 saturated heterocycles. The zero-order valence-corrected chi connectivity index (χ0v) is 15.2. The number of rotatable bonds is 5. The standard InChI is InChI=1S/C17H21F3N6O2/c1-11(26-6-2-5-22-26)16(28)25-7-3-12(4-8-25)13-9-14(24-23-13)15(27)21-10-17(18,19)20/h2,5-6,9,11-12H,3-4,7-8,10H2,1H3,(H,21,27)(H,23,24)/t11-/m1/s1. The molecule has 0 unspecified atom stereocenters. The first-order valence-electron chi connectivity index (χ1n) is 8.93. The predicted octanol–water partition coefficient (Wildman–Crippen LogP) is 1.87. The molecule has 8 nitrogen and oxygen atoms in total. The second-order valence-corrected chi connectivity index (χ2v) is 6.77. The maximum absolute atomic E-state index is 12.6. The molecule has 152 valence electrons. The lowest BCUT2D eigenvalue weighted by molar-refractivity contribution is -0.135. The van der Waals surface area contributed by atoms with E-state index in [9.17, 15) is 22.8 Å². The van der Waals surface area contributed by atoms with Crippen LogP contribution in [0.4, 0.5) is 13.2 Å². The minimum atomic E-state index is -4.47. The summed E-state index contributed by atoms with van der Waals surface area (Å²) in [6.07, 6.45) is 0.232. The van der Waals surface area contributed by atoms with Crippen LogP contribution in [0, 0.1) is 0 Å². The number of hydrogen-bond donors (Lipinski definition) is 2. The monoisotopic (exact) mass is 398 g/mol. The molecule has 2 aromatic rings. The van der Waals surface area contributed by atoms with E-state index in [-0.39, 0.29) is 23.6 Å². The fraction of sp³-hybridized carbons (Fsp3) is 0.529. The number of hydrogen-bond acceptors (Lipinski definition) is 4. The van der Waals surface area contributed by atoms with Gasteiger partial charge in [-0.05, 0) is 31.9 Å². The molecule has 1 atom stereocenters. The van der Waals surface area contributed by atoms with Crippen LogP contribution in [-0.2, 0) is 4.79 Å². The van der Waals surface area contributed by atoms with E-state index in [0.29, 0.717) is 31.6 Å². The van der Waals surface area contributed by atoms with Crippen LogP contribution >= 0.6 is 0 Å². The summed E-state index contributed by atoms with van der Waals surface area (Å²) in [5, 5.41) is 12.4. The van der Waals surface area contributed by atoms with Gasteiger partial charge < -0.3 is 10.2 Å². The topological polar surface area (TPSA) is 95.9 Å². The Bertz CT molecular complexity index is 809. The molecule has 11 heteroatoms. The van der Waals surface area contributed by atoms with Crippen molar-refractivity contribution in [3.8, 4) is 0 Å². The number of piperidine rings is 1. The molecule has 0 spiro atoms. The molecule has 0 saturated carbocycles. The Morgan fingerprint density at radius 1 is 1.36 bits per heavy atom. The molecular weight excluding hydrogens is 377 g/mol. The molecule has 1 fully saturated rings. The minimum Gasteiger partial charge on any atom is -0.342 e. The molecule has 2 aromatic heterocycles. The lowest BCUT2D eigenvalue weighted by Gasteiger charge is -2.33. The maximum Gasteiger partial charge on any atom is 0.405 e. The predicted molar refractivity (Wildman–Crippen MR) is 92.5 cm³/mol. The number of amides is 2. The molecule has 2 N–H and O–H groups in total. The van der Waals surface area contributed by atoms with Gasteiger partial charge in [0.15, 0.2) is 0 Å². The molecule has 0 radical (unpaired) electrons. The molecule has 2 amide bonds. The van der Waals surface area contributed by atoms with Crippen LogP contribution in [-0.4, -0.2) is 62.5 Å². The molecule has 1 aliphatic rings. The van der Waals surface area contributed by atoms with Crippen LogP contribution in [0.1, 0.15) is 47.9 Å². The van der Waals surface area contributed by atoms with Crippen molar-refractivity contribution in [3.63, 3.8) is 0 Å². The first-order valence-corrected chi connectivity index (χ1v) is 8.93. The smallest absolute Gasteiger partial charge is 0.342 e. The van der Waals surface area contributed by atoms with Crippen molar-refractivity contribution in [1.82, 2.24) is 30.2 Å². The summed E-state index contributed by atoms with van der Waals surface area (Å²) in [7, 11) is 0. The van der Waals surface area contributed by atoms with Gasteiger partial charge in [0.1, 0.15) is 18.3 Å². The number of nitrogens with zero attached hydrogens (tertiary/aromatic N) is 4. The lowest BCUT2D eigenvalue weighted by Crippen LogP contribution is -2.41. The summed E-state index contributed by atoms with van der Waals surface area (Å²) >= 11 is 0. The third-order valence-corrected chi connectivity index (χ3v) is 4.81. The number of likely N-dealkylation sites (tertiary alicyclic amines) is 1. The van der Waals surface area contributed by atoms with E-state index in [4.69, 9.17) is 0 Å². The first-order chi connectivity index (χ1) is 13.2. The Morgan fingerprint density at radius 3 is 2.68 bits per heavy atom. The summed E-state index contributed by atoms with van der Waals surface area (Å²) in [4.78, 5) is 26.1. The molecule has 0 aliphatic carbocycles. The van der Waals surface area contributed by atoms with Gasteiger partial charge >= 0.3 is 6.18 Å². The van der Waals surface area contributed by atoms with Gasteiger partial charge in [-0.1, -0.05) is 0 Å².